The lowest BCUT2D eigenvalue weighted by atomic mass is 9.87. The summed E-state index contributed by atoms with van der Waals surface area (Å²) in [5.41, 5.74) is 0.933. The Balaban J connectivity index is 1.71. The Labute approximate surface area is 177 Å². The van der Waals surface area contributed by atoms with Crippen molar-refractivity contribution in [2.75, 3.05) is 4.72 Å². The molecule has 156 valence electrons. The molecule has 0 aliphatic heterocycles. The van der Waals surface area contributed by atoms with E-state index < -0.39 is 14.9 Å². The SMILES string of the molecule is CCC1CCc2c(sc3cc(NS(=O)(=O)c4cccc([N+](=O)[O-])c4)ccc3c2=O)C1. The third-order valence-corrected chi connectivity index (χ3v) is 8.11. The standard InChI is InChI=1S/C21H20N2O5S2/c1-2-13-6-8-17-19(10-13)29-20-11-14(7-9-18(20)21(17)24)22-30(27,28)16-5-3-4-15(12-16)23(25)26/h3-5,7,9,11-13,22H,2,6,8,10H2,1H3. The molecule has 9 heteroatoms. The molecule has 0 saturated heterocycles. The third-order valence-electron chi connectivity index (χ3n) is 5.52. The quantitative estimate of drug-likeness (QED) is 0.461. The van der Waals surface area contributed by atoms with Gasteiger partial charge in [0.05, 0.1) is 15.5 Å². The van der Waals surface area contributed by atoms with Gasteiger partial charge in [0.1, 0.15) is 0 Å². The number of non-ortho nitro benzene ring substituents is 1. The minimum Gasteiger partial charge on any atom is -0.289 e. The van der Waals surface area contributed by atoms with Gasteiger partial charge in [-0.1, -0.05) is 19.4 Å². The number of nitrogens with zero attached hydrogens (tertiary/aromatic N) is 1. The monoisotopic (exact) mass is 444 g/mol. The van der Waals surface area contributed by atoms with Crippen molar-refractivity contribution in [2.45, 2.75) is 37.5 Å². The highest BCUT2D eigenvalue weighted by Crippen LogP contribution is 2.33. The topological polar surface area (TPSA) is 106 Å². The number of hydrogen-bond acceptors (Lipinski definition) is 6. The van der Waals surface area contributed by atoms with Gasteiger partial charge in [-0.05, 0) is 49.4 Å². The summed E-state index contributed by atoms with van der Waals surface area (Å²) in [6.07, 6.45) is 3.77. The van der Waals surface area contributed by atoms with E-state index in [4.69, 9.17) is 0 Å². The van der Waals surface area contributed by atoms with Crippen molar-refractivity contribution >= 4 is 42.8 Å². The van der Waals surface area contributed by atoms with Crippen molar-refractivity contribution in [1.29, 1.82) is 0 Å². The van der Waals surface area contributed by atoms with Crippen molar-refractivity contribution in [1.82, 2.24) is 0 Å². The van der Waals surface area contributed by atoms with Gasteiger partial charge in [-0.25, -0.2) is 8.42 Å². The largest absolute Gasteiger partial charge is 0.289 e. The summed E-state index contributed by atoms with van der Waals surface area (Å²) >= 11 is 1.54. The lowest BCUT2D eigenvalue weighted by Gasteiger charge is -2.22. The van der Waals surface area contributed by atoms with Crippen molar-refractivity contribution in [3.05, 3.63) is 73.2 Å². The number of anilines is 1. The number of nitro benzene ring substituents is 1. The predicted octanol–water partition coefficient (Wildman–Crippen LogP) is 4.49. The van der Waals surface area contributed by atoms with Crippen LogP contribution in [0.4, 0.5) is 11.4 Å². The summed E-state index contributed by atoms with van der Waals surface area (Å²) in [6, 6.07) is 9.74. The van der Waals surface area contributed by atoms with Gasteiger partial charge >= 0.3 is 0 Å². The van der Waals surface area contributed by atoms with E-state index in [0.717, 1.165) is 46.9 Å². The van der Waals surface area contributed by atoms with Gasteiger partial charge in [-0.2, -0.15) is 0 Å². The molecular weight excluding hydrogens is 424 g/mol. The molecule has 1 aliphatic carbocycles. The molecule has 7 nitrogen and oxygen atoms in total. The summed E-state index contributed by atoms with van der Waals surface area (Å²) in [7, 11) is -4.01. The van der Waals surface area contributed by atoms with E-state index in [1.165, 1.54) is 18.2 Å². The van der Waals surface area contributed by atoms with Gasteiger partial charge in [0.2, 0.25) is 0 Å². The van der Waals surface area contributed by atoms with Crippen LogP contribution in [0.25, 0.3) is 10.1 Å². The Morgan fingerprint density at radius 2 is 2.03 bits per heavy atom. The number of hydrogen-bond donors (Lipinski definition) is 1. The van der Waals surface area contributed by atoms with E-state index >= 15 is 0 Å². The first-order chi connectivity index (χ1) is 14.3. The third kappa shape index (κ3) is 3.82. The molecule has 3 aromatic rings. The van der Waals surface area contributed by atoms with Crippen LogP contribution in [0.3, 0.4) is 0 Å². The molecule has 0 spiro atoms. The molecule has 0 saturated carbocycles. The van der Waals surface area contributed by atoms with Crippen molar-refractivity contribution in [3.8, 4) is 0 Å². The fourth-order valence-corrected chi connectivity index (χ4v) is 6.25. The molecule has 1 aliphatic rings. The predicted molar refractivity (Wildman–Crippen MR) is 118 cm³/mol. The molecule has 0 amide bonds. The normalized spacial score (nSPS) is 16.2. The molecule has 0 radical (unpaired) electrons. The fraction of sp³-hybridized carbons (Fsp3) is 0.286. The van der Waals surface area contributed by atoms with E-state index in [0.29, 0.717) is 17.0 Å². The van der Waals surface area contributed by atoms with Gasteiger partial charge in [-0.15, -0.1) is 11.3 Å². The van der Waals surface area contributed by atoms with E-state index in [1.807, 2.05) is 0 Å². The number of rotatable bonds is 5. The van der Waals surface area contributed by atoms with Crippen LogP contribution >= 0.6 is 11.3 Å². The average Bonchev–Trinajstić information content (AvgIpc) is 2.73. The summed E-state index contributed by atoms with van der Waals surface area (Å²) in [4.78, 5) is 24.1. The van der Waals surface area contributed by atoms with Crippen LogP contribution in [0.2, 0.25) is 0 Å². The van der Waals surface area contributed by atoms with E-state index in [9.17, 15) is 23.3 Å². The highest BCUT2D eigenvalue weighted by atomic mass is 32.2. The highest BCUT2D eigenvalue weighted by molar-refractivity contribution is 7.92. The molecule has 1 N–H and O–H groups in total. The van der Waals surface area contributed by atoms with Gasteiger partial charge in [-0.3, -0.25) is 19.6 Å². The fourth-order valence-electron chi connectivity index (χ4n) is 3.80. The lowest BCUT2D eigenvalue weighted by Crippen LogP contribution is -2.20. The summed E-state index contributed by atoms with van der Waals surface area (Å²) in [5, 5.41) is 11.5. The number of nitrogens with one attached hydrogen (secondary N) is 1. The molecule has 1 atom stereocenters. The Morgan fingerprint density at radius 1 is 1.23 bits per heavy atom. The second kappa shape index (κ2) is 7.81. The molecule has 0 bridgehead atoms. The van der Waals surface area contributed by atoms with E-state index in [2.05, 4.69) is 11.6 Å². The van der Waals surface area contributed by atoms with Gasteiger partial charge < -0.3 is 0 Å². The molecule has 30 heavy (non-hydrogen) atoms. The molecular formula is C21H20N2O5S2. The maximum atomic E-state index is 12.9. The van der Waals surface area contributed by atoms with Crippen molar-refractivity contribution in [3.63, 3.8) is 0 Å². The van der Waals surface area contributed by atoms with Gasteiger partial charge in [0, 0.05) is 32.7 Å². The van der Waals surface area contributed by atoms with Crippen LogP contribution in [0.15, 0.2) is 52.2 Å². The van der Waals surface area contributed by atoms with Crippen LogP contribution in [-0.4, -0.2) is 13.3 Å². The average molecular weight is 445 g/mol. The molecule has 1 aromatic heterocycles. The van der Waals surface area contributed by atoms with Crippen LogP contribution in [0.1, 0.15) is 30.2 Å². The zero-order valence-corrected chi connectivity index (χ0v) is 17.9. The Hall–Kier alpha value is -2.78. The van der Waals surface area contributed by atoms with Crippen LogP contribution in [0, 0.1) is 16.0 Å². The summed E-state index contributed by atoms with van der Waals surface area (Å²) in [5.74, 6) is 0.571. The zero-order valence-electron chi connectivity index (χ0n) is 16.3. The van der Waals surface area contributed by atoms with E-state index in [-0.39, 0.29) is 16.0 Å². The summed E-state index contributed by atoms with van der Waals surface area (Å²) < 4.78 is 28.6. The molecule has 2 aromatic carbocycles. The second-order valence-electron chi connectivity index (χ2n) is 7.42. The molecule has 0 fully saturated rings. The lowest BCUT2D eigenvalue weighted by molar-refractivity contribution is -0.385. The first kappa shape index (κ1) is 20.5. The molecule has 1 heterocycles. The van der Waals surface area contributed by atoms with Crippen molar-refractivity contribution in [2.24, 2.45) is 5.92 Å². The Morgan fingerprint density at radius 3 is 2.77 bits per heavy atom. The maximum absolute atomic E-state index is 12.9. The number of sulfonamides is 1. The molecule has 4 rings (SSSR count). The highest BCUT2D eigenvalue weighted by Gasteiger charge is 2.22. The van der Waals surface area contributed by atoms with Crippen LogP contribution in [0.5, 0.6) is 0 Å². The minimum atomic E-state index is -4.01. The second-order valence-corrected chi connectivity index (χ2v) is 10.2. The van der Waals surface area contributed by atoms with Crippen molar-refractivity contribution < 1.29 is 13.3 Å². The molecule has 1 unspecified atom stereocenters. The Bertz CT molecular complexity index is 1310. The first-order valence-corrected chi connectivity index (χ1v) is 11.9. The van der Waals surface area contributed by atoms with Crippen LogP contribution < -0.4 is 10.2 Å². The Kier molecular flexibility index (Phi) is 5.33. The maximum Gasteiger partial charge on any atom is 0.270 e. The first-order valence-electron chi connectivity index (χ1n) is 9.64. The minimum absolute atomic E-state index is 0.0291. The van der Waals surface area contributed by atoms with Gasteiger partial charge in [0.25, 0.3) is 15.7 Å². The van der Waals surface area contributed by atoms with E-state index in [1.54, 1.807) is 29.5 Å². The summed E-state index contributed by atoms with van der Waals surface area (Å²) in [6.45, 7) is 2.15. The number of fused-ring (bicyclic) bond motifs is 2. The van der Waals surface area contributed by atoms with Gasteiger partial charge in [0.15, 0.2) is 5.43 Å². The van der Waals surface area contributed by atoms with Crippen LogP contribution in [-0.2, 0) is 22.9 Å². The zero-order chi connectivity index (χ0) is 21.5. The smallest absolute Gasteiger partial charge is 0.270 e. The number of nitro groups is 1. The number of benzene rings is 2.